The van der Waals surface area contributed by atoms with E-state index >= 15 is 0 Å². The van der Waals surface area contributed by atoms with Gasteiger partial charge in [0.05, 0.1) is 6.54 Å². The summed E-state index contributed by atoms with van der Waals surface area (Å²) in [5.74, 6) is 0.377. The highest BCUT2D eigenvalue weighted by molar-refractivity contribution is 5.78. The van der Waals surface area contributed by atoms with Crippen LogP contribution in [0.3, 0.4) is 0 Å². The Kier molecular flexibility index (Phi) is 3.99. The number of rotatable bonds is 7. The Morgan fingerprint density at radius 2 is 2.33 bits per heavy atom. The lowest BCUT2D eigenvalue weighted by Crippen LogP contribution is -2.51. The van der Waals surface area contributed by atoms with E-state index in [0.29, 0.717) is 12.5 Å². The first-order valence-electron chi connectivity index (χ1n) is 7.80. The SMILES string of the molecule is CC(CCCN1CCn2ccnc2C1)(NC1CC1)C(=O)O. The maximum absolute atomic E-state index is 11.5. The maximum atomic E-state index is 11.5. The van der Waals surface area contributed by atoms with Gasteiger partial charge in [0.2, 0.25) is 0 Å². The van der Waals surface area contributed by atoms with Crippen LogP contribution in [-0.4, -0.2) is 50.2 Å². The number of aliphatic carboxylic acids is 1. The number of aromatic nitrogens is 2. The molecule has 0 radical (unpaired) electrons. The molecular weight excluding hydrogens is 268 g/mol. The number of carbonyl (C=O) groups is 1. The van der Waals surface area contributed by atoms with Crippen molar-refractivity contribution in [2.24, 2.45) is 0 Å². The first-order chi connectivity index (χ1) is 10.1. The second-order valence-electron chi connectivity index (χ2n) is 6.47. The average molecular weight is 292 g/mol. The molecule has 1 aliphatic heterocycles. The third-order valence-corrected chi connectivity index (χ3v) is 4.55. The molecule has 6 heteroatoms. The molecule has 1 fully saturated rings. The van der Waals surface area contributed by atoms with E-state index in [0.717, 1.165) is 51.3 Å². The van der Waals surface area contributed by atoms with Gasteiger partial charge in [0.15, 0.2) is 0 Å². The fraction of sp³-hybridized carbons (Fsp3) is 0.733. The largest absolute Gasteiger partial charge is 0.480 e. The summed E-state index contributed by atoms with van der Waals surface area (Å²) in [5.41, 5.74) is -0.782. The summed E-state index contributed by atoms with van der Waals surface area (Å²) in [6, 6.07) is 0.411. The van der Waals surface area contributed by atoms with Gasteiger partial charge in [-0.3, -0.25) is 15.0 Å². The highest BCUT2D eigenvalue weighted by atomic mass is 16.4. The molecule has 0 saturated heterocycles. The van der Waals surface area contributed by atoms with Crippen LogP contribution in [0.1, 0.15) is 38.4 Å². The van der Waals surface area contributed by atoms with E-state index in [1.807, 2.05) is 19.3 Å². The van der Waals surface area contributed by atoms with Crippen LogP contribution in [0, 0.1) is 0 Å². The molecule has 2 N–H and O–H groups in total. The van der Waals surface area contributed by atoms with Crippen molar-refractivity contribution in [2.45, 2.75) is 57.3 Å². The predicted molar refractivity (Wildman–Crippen MR) is 78.9 cm³/mol. The zero-order valence-corrected chi connectivity index (χ0v) is 12.6. The lowest BCUT2D eigenvalue weighted by atomic mass is 9.95. The van der Waals surface area contributed by atoms with Gasteiger partial charge in [0.1, 0.15) is 11.4 Å². The Morgan fingerprint density at radius 3 is 3.05 bits per heavy atom. The molecule has 0 amide bonds. The summed E-state index contributed by atoms with van der Waals surface area (Å²) in [6.45, 7) is 5.61. The molecule has 0 aromatic carbocycles. The second kappa shape index (κ2) is 5.77. The molecule has 1 aromatic rings. The molecule has 1 aliphatic carbocycles. The number of nitrogens with zero attached hydrogens (tertiary/aromatic N) is 3. The molecule has 1 unspecified atom stereocenters. The van der Waals surface area contributed by atoms with E-state index in [4.69, 9.17) is 0 Å². The topological polar surface area (TPSA) is 70.4 Å². The molecule has 1 aromatic heterocycles. The lowest BCUT2D eigenvalue weighted by Gasteiger charge is -2.30. The monoisotopic (exact) mass is 292 g/mol. The van der Waals surface area contributed by atoms with Crippen molar-refractivity contribution in [3.63, 3.8) is 0 Å². The van der Waals surface area contributed by atoms with Crippen LogP contribution in [-0.2, 0) is 17.9 Å². The standard InChI is InChI=1S/C15H24N4O2/c1-15(14(20)21,17-12-3-4-12)5-2-7-18-9-10-19-8-6-16-13(19)11-18/h6,8,12,17H,2-5,7,9-11H2,1H3,(H,20,21). The van der Waals surface area contributed by atoms with Crippen molar-refractivity contribution in [3.8, 4) is 0 Å². The van der Waals surface area contributed by atoms with Gasteiger partial charge in [-0.2, -0.15) is 0 Å². The first-order valence-corrected chi connectivity index (χ1v) is 7.80. The number of carboxylic acid groups (broad SMARTS) is 1. The molecule has 6 nitrogen and oxygen atoms in total. The smallest absolute Gasteiger partial charge is 0.323 e. The van der Waals surface area contributed by atoms with E-state index in [1.165, 1.54) is 0 Å². The Balaban J connectivity index is 1.47. The molecule has 1 atom stereocenters. The van der Waals surface area contributed by atoms with E-state index in [1.54, 1.807) is 0 Å². The number of nitrogens with one attached hydrogen (secondary N) is 1. The van der Waals surface area contributed by atoms with E-state index in [2.05, 4.69) is 19.8 Å². The van der Waals surface area contributed by atoms with Crippen molar-refractivity contribution >= 4 is 5.97 Å². The Bertz CT molecular complexity index is 512. The van der Waals surface area contributed by atoms with Gasteiger partial charge in [-0.1, -0.05) is 0 Å². The Hall–Kier alpha value is -1.40. The van der Waals surface area contributed by atoms with Crippen LogP contribution in [0.5, 0.6) is 0 Å². The van der Waals surface area contributed by atoms with Gasteiger partial charge in [0, 0.05) is 31.5 Å². The second-order valence-corrected chi connectivity index (χ2v) is 6.47. The molecule has 2 aliphatic rings. The van der Waals surface area contributed by atoms with Crippen LogP contribution in [0.2, 0.25) is 0 Å². The summed E-state index contributed by atoms with van der Waals surface area (Å²) in [7, 11) is 0. The van der Waals surface area contributed by atoms with E-state index < -0.39 is 11.5 Å². The minimum atomic E-state index is -0.782. The summed E-state index contributed by atoms with van der Waals surface area (Å²) >= 11 is 0. The van der Waals surface area contributed by atoms with Gasteiger partial charge in [-0.25, -0.2) is 4.98 Å². The zero-order valence-electron chi connectivity index (χ0n) is 12.6. The molecule has 2 heterocycles. The highest BCUT2D eigenvalue weighted by Gasteiger charge is 2.38. The van der Waals surface area contributed by atoms with Crippen molar-refractivity contribution in [1.82, 2.24) is 19.8 Å². The van der Waals surface area contributed by atoms with Gasteiger partial charge in [0.25, 0.3) is 0 Å². The summed E-state index contributed by atoms with van der Waals surface area (Å²) < 4.78 is 2.19. The van der Waals surface area contributed by atoms with E-state index in [9.17, 15) is 9.90 Å². The zero-order chi connectivity index (χ0) is 14.9. The van der Waals surface area contributed by atoms with Crippen LogP contribution in [0.25, 0.3) is 0 Å². The molecule has 116 valence electrons. The number of fused-ring (bicyclic) bond motifs is 1. The van der Waals surface area contributed by atoms with Gasteiger partial charge in [-0.05, 0) is 39.2 Å². The molecule has 3 rings (SSSR count). The van der Waals surface area contributed by atoms with Crippen LogP contribution >= 0.6 is 0 Å². The first kappa shape index (κ1) is 14.5. The fourth-order valence-electron chi connectivity index (χ4n) is 2.99. The van der Waals surface area contributed by atoms with Gasteiger partial charge < -0.3 is 9.67 Å². The fourth-order valence-corrected chi connectivity index (χ4v) is 2.99. The number of carboxylic acids is 1. The Labute approximate surface area is 125 Å². The van der Waals surface area contributed by atoms with Crippen molar-refractivity contribution in [3.05, 3.63) is 18.2 Å². The van der Waals surface area contributed by atoms with Gasteiger partial charge >= 0.3 is 5.97 Å². The van der Waals surface area contributed by atoms with Crippen LogP contribution in [0.15, 0.2) is 12.4 Å². The minimum Gasteiger partial charge on any atom is -0.480 e. The molecular formula is C15H24N4O2. The molecule has 0 spiro atoms. The van der Waals surface area contributed by atoms with Crippen molar-refractivity contribution in [1.29, 1.82) is 0 Å². The van der Waals surface area contributed by atoms with Crippen LogP contribution in [0.4, 0.5) is 0 Å². The normalized spacial score (nSPS) is 21.8. The number of hydrogen-bond acceptors (Lipinski definition) is 4. The highest BCUT2D eigenvalue weighted by Crippen LogP contribution is 2.25. The third kappa shape index (κ3) is 3.44. The summed E-state index contributed by atoms with van der Waals surface area (Å²) in [5, 5.41) is 12.7. The lowest BCUT2D eigenvalue weighted by molar-refractivity contribution is -0.144. The number of hydrogen-bond donors (Lipinski definition) is 2. The van der Waals surface area contributed by atoms with Crippen molar-refractivity contribution in [2.75, 3.05) is 13.1 Å². The average Bonchev–Trinajstić information content (AvgIpc) is 3.13. The molecule has 21 heavy (non-hydrogen) atoms. The number of imidazole rings is 1. The van der Waals surface area contributed by atoms with Gasteiger partial charge in [-0.15, -0.1) is 0 Å². The van der Waals surface area contributed by atoms with Crippen molar-refractivity contribution < 1.29 is 9.90 Å². The van der Waals surface area contributed by atoms with E-state index in [-0.39, 0.29) is 0 Å². The third-order valence-electron chi connectivity index (χ3n) is 4.55. The Morgan fingerprint density at radius 1 is 1.52 bits per heavy atom. The molecule has 1 saturated carbocycles. The maximum Gasteiger partial charge on any atom is 0.323 e. The predicted octanol–water partition coefficient (Wildman–Crippen LogP) is 1.07. The summed E-state index contributed by atoms with van der Waals surface area (Å²) in [4.78, 5) is 18.2. The minimum absolute atomic E-state index is 0.411. The van der Waals surface area contributed by atoms with Crippen LogP contribution < -0.4 is 5.32 Å². The quantitative estimate of drug-likeness (QED) is 0.787. The molecule has 0 bridgehead atoms. The summed E-state index contributed by atoms with van der Waals surface area (Å²) in [6.07, 6.45) is 7.65.